The van der Waals surface area contributed by atoms with E-state index in [1.165, 1.54) is 6.20 Å². The van der Waals surface area contributed by atoms with Gasteiger partial charge < -0.3 is 15.0 Å². The highest BCUT2D eigenvalue weighted by Crippen LogP contribution is 2.30. The number of benzene rings is 1. The van der Waals surface area contributed by atoms with Crippen LogP contribution in [0, 0.1) is 0 Å². The van der Waals surface area contributed by atoms with E-state index in [1.807, 2.05) is 24.4 Å². The maximum absolute atomic E-state index is 12.5. The zero-order valence-corrected chi connectivity index (χ0v) is 13.2. The third-order valence-electron chi connectivity index (χ3n) is 4.78. The summed E-state index contributed by atoms with van der Waals surface area (Å²) in [5, 5.41) is 22.0. The van der Waals surface area contributed by atoms with Crippen molar-refractivity contribution in [3.05, 3.63) is 47.9 Å². The molecule has 1 aromatic carbocycles. The molecule has 24 heavy (non-hydrogen) atoms. The SMILES string of the molecule is O=C(CCc1c[nH]c2ccccc12)N1CCC(O)(c2cn[nH]n2)C1. The van der Waals surface area contributed by atoms with Crippen molar-refractivity contribution in [2.45, 2.75) is 24.9 Å². The second kappa shape index (κ2) is 5.76. The van der Waals surface area contributed by atoms with Crippen LogP contribution in [0.1, 0.15) is 24.1 Å². The van der Waals surface area contributed by atoms with Gasteiger partial charge in [0.1, 0.15) is 11.3 Å². The molecule has 0 saturated carbocycles. The summed E-state index contributed by atoms with van der Waals surface area (Å²) >= 11 is 0. The first-order valence-electron chi connectivity index (χ1n) is 8.07. The van der Waals surface area contributed by atoms with Crippen LogP contribution in [0.4, 0.5) is 0 Å². The van der Waals surface area contributed by atoms with Crippen LogP contribution in [-0.2, 0) is 16.8 Å². The van der Waals surface area contributed by atoms with E-state index in [9.17, 15) is 9.90 Å². The van der Waals surface area contributed by atoms with Gasteiger partial charge in [-0.25, -0.2) is 0 Å². The number of aromatic amines is 2. The number of aromatic nitrogens is 4. The Bertz CT molecular complexity index is 857. The second-order valence-electron chi connectivity index (χ2n) is 6.31. The van der Waals surface area contributed by atoms with Crippen molar-refractivity contribution in [3.8, 4) is 0 Å². The van der Waals surface area contributed by atoms with Gasteiger partial charge in [0, 0.05) is 36.5 Å². The van der Waals surface area contributed by atoms with Crippen molar-refractivity contribution in [2.24, 2.45) is 0 Å². The minimum atomic E-state index is -1.09. The number of H-pyrrole nitrogens is 2. The summed E-state index contributed by atoms with van der Waals surface area (Å²) < 4.78 is 0. The van der Waals surface area contributed by atoms with Crippen LogP contribution in [0.5, 0.6) is 0 Å². The van der Waals surface area contributed by atoms with Crippen LogP contribution < -0.4 is 0 Å². The molecule has 3 aromatic rings. The van der Waals surface area contributed by atoms with Crippen molar-refractivity contribution in [2.75, 3.05) is 13.1 Å². The summed E-state index contributed by atoms with van der Waals surface area (Å²) in [5.41, 5.74) is 1.63. The Morgan fingerprint density at radius 2 is 2.25 bits per heavy atom. The first kappa shape index (κ1) is 14.9. The highest BCUT2D eigenvalue weighted by atomic mass is 16.3. The molecule has 1 amide bonds. The molecule has 7 heteroatoms. The van der Waals surface area contributed by atoms with Crippen molar-refractivity contribution in [3.63, 3.8) is 0 Å². The zero-order chi connectivity index (χ0) is 16.6. The van der Waals surface area contributed by atoms with Crippen LogP contribution in [0.25, 0.3) is 10.9 Å². The van der Waals surface area contributed by atoms with Crippen LogP contribution in [0.3, 0.4) is 0 Å². The van der Waals surface area contributed by atoms with Gasteiger partial charge in [-0.05, 0) is 18.1 Å². The average Bonchev–Trinajstić information content (AvgIpc) is 3.33. The number of hydrogen-bond acceptors (Lipinski definition) is 4. The normalized spacial score (nSPS) is 20.8. The van der Waals surface area contributed by atoms with E-state index >= 15 is 0 Å². The number of rotatable bonds is 4. The summed E-state index contributed by atoms with van der Waals surface area (Å²) in [6, 6.07) is 8.08. The van der Waals surface area contributed by atoms with Crippen molar-refractivity contribution < 1.29 is 9.90 Å². The maximum atomic E-state index is 12.5. The molecule has 1 unspecified atom stereocenters. The summed E-state index contributed by atoms with van der Waals surface area (Å²) in [4.78, 5) is 17.4. The Labute approximate surface area is 138 Å². The summed E-state index contributed by atoms with van der Waals surface area (Å²) in [7, 11) is 0. The van der Waals surface area contributed by atoms with E-state index in [-0.39, 0.29) is 12.5 Å². The van der Waals surface area contributed by atoms with E-state index in [2.05, 4.69) is 26.5 Å². The highest BCUT2D eigenvalue weighted by molar-refractivity contribution is 5.84. The number of likely N-dealkylation sites (tertiary alicyclic amines) is 1. The number of β-amino-alcohol motifs (C(OH)–C–C–N with tert-alkyl or cyclic N) is 1. The number of fused-ring (bicyclic) bond motifs is 1. The number of nitrogens with zero attached hydrogens (tertiary/aromatic N) is 3. The molecule has 1 atom stereocenters. The number of para-hydroxylation sites is 1. The fourth-order valence-corrected chi connectivity index (χ4v) is 3.38. The molecular weight excluding hydrogens is 306 g/mol. The van der Waals surface area contributed by atoms with Gasteiger partial charge in [0.2, 0.25) is 5.91 Å². The molecule has 1 aliphatic heterocycles. The van der Waals surface area contributed by atoms with Gasteiger partial charge in [-0.2, -0.15) is 15.4 Å². The van der Waals surface area contributed by atoms with Gasteiger partial charge in [0.15, 0.2) is 0 Å². The fraction of sp³-hybridized carbons (Fsp3) is 0.353. The molecule has 1 fully saturated rings. The third kappa shape index (κ3) is 2.56. The number of aryl methyl sites for hydroxylation is 1. The molecule has 1 saturated heterocycles. The van der Waals surface area contributed by atoms with E-state index in [4.69, 9.17) is 0 Å². The average molecular weight is 325 g/mol. The largest absolute Gasteiger partial charge is 0.381 e. The Morgan fingerprint density at radius 1 is 1.38 bits per heavy atom. The lowest BCUT2D eigenvalue weighted by Crippen LogP contribution is -2.34. The number of nitrogens with one attached hydrogen (secondary N) is 2. The third-order valence-corrected chi connectivity index (χ3v) is 4.78. The molecule has 124 valence electrons. The van der Waals surface area contributed by atoms with Crippen LogP contribution in [-0.4, -0.2) is 49.4 Å². The lowest BCUT2D eigenvalue weighted by molar-refractivity contribution is -0.131. The van der Waals surface area contributed by atoms with Crippen molar-refractivity contribution >= 4 is 16.8 Å². The van der Waals surface area contributed by atoms with Crippen LogP contribution in [0.15, 0.2) is 36.7 Å². The Balaban J connectivity index is 1.40. The minimum Gasteiger partial charge on any atom is -0.381 e. The van der Waals surface area contributed by atoms with Gasteiger partial charge in [0.05, 0.1) is 12.7 Å². The van der Waals surface area contributed by atoms with Crippen molar-refractivity contribution in [1.29, 1.82) is 0 Å². The first-order chi connectivity index (χ1) is 11.7. The molecule has 3 N–H and O–H groups in total. The smallest absolute Gasteiger partial charge is 0.223 e. The van der Waals surface area contributed by atoms with E-state index in [0.29, 0.717) is 31.5 Å². The number of carbonyl (C=O) groups is 1. The van der Waals surface area contributed by atoms with Gasteiger partial charge in [-0.1, -0.05) is 18.2 Å². The van der Waals surface area contributed by atoms with Crippen molar-refractivity contribution in [1.82, 2.24) is 25.3 Å². The Morgan fingerprint density at radius 3 is 3.08 bits per heavy atom. The monoisotopic (exact) mass is 325 g/mol. The molecule has 1 aliphatic rings. The van der Waals surface area contributed by atoms with Gasteiger partial charge in [-0.15, -0.1) is 0 Å². The maximum Gasteiger partial charge on any atom is 0.223 e. The number of amides is 1. The number of hydrogen-bond donors (Lipinski definition) is 3. The second-order valence-corrected chi connectivity index (χ2v) is 6.31. The minimum absolute atomic E-state index is 0.0553. The molecule has 0 bridgehead atoms. The molecule has 0 radical (unpaired) electrons. The summed E-state index contributed by atoms with van der Waals surface area (Å²) in [5.74, 6) is 0.0553. The summed E-state index contributed by atoms with van der Waals surface area (Å²) in [6.45, 7) is 0.808. The van der Waals surface area contributed by atoms with Gasteiger partial charge in [0.25, 0.3) is 0 Å². The molecule has 2 aromatic heterocycles. The number of aliphatic hydroxyl groups is 1. The van der Waals surface area contributed by atoms with Gasteiger partial charge >= 0.3 is 0 Å². The lowest BCUT2D eigenvalue weighted by atomic mass is 10.00. The summed E-state index contributed by atoms with van der Waals surface area (Å²) in [6.07, 6.45) is 5.07. The molecular formula is C17H19N5O2. The number of carbonyl (C=O) groups excluding carboxylic acids is 1. The van der Waals surface area contributed by atoms with Crippen LogP contribution in [0.2, 0.25) is 0 Å². The molecule has 0 aliphatic carbocycles. The zero-order valence-electron chi connectivity index (χ0n) is 13.2. The molecule has 7 nitrogen and oxygen atoms in total. The Hall–Kier alpha value is -2.67. The molecule has 0 spiro atoms. The van der Waals surface area contributed by atoms with E-state index in [1.54, 1.807) is 4.90 Å². The van der Waals surface area contributed by atoms with E-state index < -0.39 is 5.60 Å². The first-order valence-corrected chi connectivity index (χ1v) is 8.07. The Kier molecular flexibility index (Phi) is 3.57. The standard InChI is InChI=1S/C17H19N5O2/c23-16(6-5-12-9-18-14-4-2-1-3-13(12)14)22-8-7-17(24,11-22)15-10-19-21-20-15/h1-4,9-10,18,24H,5-8,11H2,(H,19,20,21). The molecule has 3 heterocycles. The molecule has 4 rings (SSSR count). The fourth-order valence-electron chi connectivity index (χ4n) is 3.38. The van der Waals surface area contributed by atoms with E-state index in [0.717, 1.165) is 16.5 Å². The van der Waals surface area contributed by atoms with Gasteiger partial charge in [-0.3, -0.25) is 4.79 Å². The predicted molar refractivity (Wildman–Crippen MR) is 88.1 cm³/mol. The topological polar surface area (TPSA) is 97.9 Å². The van der Waals surface area contributed by atoms with Crippen LogP contribution >= 0.6 is 0 Å². The quantitative estimate of drug-likeness (QED) is 0.674. The predicted octanol–water partition coefficient (Wildman–Crippen LogP) is 1.34. The lowest BCUT2D eigenvalue weighted by Gasteiger charge is -2.21. The highest BCUT2D eigenvalue weighted by Gasteiger charge is 2.41.